The first-order valence-corrected chi connectivity index (χ1v) is 7.97. The first-order valence-electron chi connectivity index (χ1n) is 7.97. The zero-order valence-electron chi connectivity index (χ0n) is 13.6. The Morgan fingerprint density at radius 3 is 2.22 bits per heavy atom. The first kappa shape index (κ1) is 17.4. The van der Waals surface area contributed by atoms with Crippen LogP contribution in [0.2, 0.25) is 0 Å². The summed E-state index contributed by atoms with van der Waals surface area (Å²) >= 11 is 0. The molecule has 2 aromatic rings. The minimum Gasteiger partial charge on any atom is -0.404 e. The predicted molar refractivity (Wildman–Crippen MR) is 91.5 cm³/mol. The summed E-state index contributed by atoms with van der Waals surface area (Å²) in [7, 11) is -0.525. The number of nitrogens with zero attached hydrogens (tertiary/aromatic N) is 2. The van der Waals surface area contributed by atoms with Crippen molar-refractivity contribution in [2.45, 2.75) is 13.8 Å². The van der Waals surface area contributed by atoms with Gasteiger partial charge in [0.25, 0.3) is 0 Å². The fourth-order valence-corrected chi connectivity index (χ4v) is 2.29. The molecule has 0 saturated carbocycles. The van der Waals surface area contributed by atoms with Gasteiger partial charge >= 0.3 is 7.12 Å². The lowest BCUT2D eigenvalue weighted by Crippen LogP contribution is -2.45. The Kier molecular flexibility index (Phi) is 7.03. The van der Waals surface area contributed by atoms with Gasteiger partial charge < -0.3 is 14.2 Å². The summed E-state index contributed by atoms with van der Waals surface area (Å²) < 4.78 is 24.3. The van der Waals surface area contributed by atoms with Crippen LogP contribution in [0.15, 0.2) is 48.7 Å². The number of rotatable bonds is 2. The monoisotopic (exact) mass is 316 g/mol. The Balaban J connectivity index is 0.000000924. The molecule has 0 radical (unpaired) electrons. The average Bonchev–Trinajstić information content (AvgIpc) is 2.59. The second kappa shape index (κ2) is 9.27. The Labute approximate surface area is 137 Å². The van der Waals surface area contributed by atoms with Crippen molar-refractivity contribution in [3.8, 4) is 0 Å². The summed E-state index contributed by atoms with van der Waals surface area (Å²) in [5.41, 5.74) is 1.76. The van der Waals surface area contributed by atoms with Crippen molar-refractivity contribution in [1.82, 2.24) is 4.98 Å². The van der Waals surface area contributed by atoms with Gasteiger partial charge in [0.15, 0.2) is 0 Å². The molecule has 6 heteroatoms. The molecule has 1 saturated heterocycles. The summed E-state index contributed by atoms with van der Waals surface area (Å²) in [4.78, 5) is 6.23. The van der Waals surface area contributed by atoms with E-state index in [1.165, 1.54) is 12.3 Å². The molecule has 0 bridgehead atoms. The van der Waals surface area contributed by atoms with Gasteiger partial charge in [-0.3, -0.25) is 4.98 Å². The highest BCUT2D eigenvalue weighted by Crippen LogP contribution is 2.13. The summed E-state index contributed by atoms with van der Waals surface area (Å²) in [6.45, 7) is 6.62. The van der Waals surface area contributed by atoms with E-state index in [0.717, 1.165) is 18.8 Å². The van der Waals surface area contributed by atoms with Gasteiger partial charge in [-0.25, -0.2) is 4.39 Å². The summed E-state index contributed by atoms with van der Waals surface area (Å²) in [5.74, 6) is -0.361. The molecule has 23 heavy (non-hydrogen) atoms. The molecular weight excluding hydrogens is 294 g/mol. The Morgan fingerprint density at radius 1 is 1.00 bits per heavy atom. The molecule has 2 heterocycles. The molecule has 1 aromatic heterocycles. The van der Waals surface area contributed by atoms with Crippen molar-refractivity contribution in [3.05, 3.63) is 54.5 Å². The molecule has 1 aromatic carbocycles. The van der Waals surface area contributed by atoms with Gasteiger partial charge in [-0.15, -0.1) is 0 Å². The minimum absolute atomic E-state index is 0.361. The summed E-state index contributed by atoms with van der Waals surface area (Å²) in [6.07, 6.45) is 1.18. The van der Waals surface area contributed by atoms with E-state index in [1.54, 1.807) is 6.07 Å². The fraction of sp³-hybridized carbons (Fsp3) is 0.353. The highest BCUT2D eigenvalue weighted by Gasteiger charge is 2.25. The molecule has 0 amide bonds. The largest absolute Gasteiger partial charge is 0.513 e. The maximum absolute atomic E-state index is 12.9. The van der Waals surface area contributed by atoms with Crippen molar-refractivity contribution < 1.29 is 13.7 Å². The Hall–Kier alpha value is -1.92. The van der Waals surface area contributed by atoms with Crippen LogP contribution in [0.1, 0.15) is 13.8 Å². The third kappa shape index (κ3) is 5.04. The van der Waals surface area contributed by atoms with Gasteiger partial charge in [-0.05, 0) is 24.3 Å². The molecular formula is C17H22BFN2O2. The van der Waals surface area contributed by atoms with Crippen molar-refractivity contribution in [2.75, 3.05) is 31.2 Å². The second-order valence-corrected chi connectivity index (χ2v) is 4.80. The standard InChI is InChI=1S/C15H16BFN2O2.C2H6/c17-13-6-7-15(18-12-13)16-20-10-8-19(9-11-21-16)14-4-2-1-3-5-14;1-2/h1-7,12H,8-11H2;1-2H3. The number of pyridine rings is 1. The van der Waals surface area contributed by atoms with Gasteiger partial charge in [0.2, 0.25) is 0 Å². The van der Waals surface area contributed by atoms with Gasteiger partial charge in [0.1, 0.15) is 5.82 Å². The van der Waals surface area contributed by atoms with E-state index in [4.69, 9.17) is 9.31 Å². The molecule has 0 aliphatic carbocycles. The smallest absolute Gasteiger partial charge is 0.404 e. The Bertz CT molecular complexity index is 559. The number of benzene rings is 1. The number of hydrogen-bond donors (Lipinski definition) is 0. The lowest BCUT2D eigenvalue weighted by Gasteiger charge is -2.28. The van der Waals surface area contributed by atoms with Crippen LogP contribution in [0.25, 0.3) is 0 Å². The lowest BCUT2D eigenvalue weighted by molar-refractivity contribution is 0.197. The van der Waals surface area contributed by atoms with Crippen LogP contribution in [0, 0.1) is 5.82 Å². The van der Waals surface area contributed by atoms with Gasteiger partial charge in [0.05, 0.1) is 11.8 Å². The van der Waals surface area contributed by atoms with Crippen LogP contribution in [-0.2, 0) is 9.31 Å². The van der Waals surface area contributed by atoms with E-state index in [2.05, 4.69) is 22.0 Å². The third-order valence-electron chi connectivity index (χ3n) is 3.37. The van der Waals surface area contributed by atoms with Crippen LogP contribution >= 0.6 is 0 Å². The zero-order chi connectivity index (χ0) is 16.5. The SMILES string of the molecule is CC.Fc1ccc(B2OCCN(c3ccccc3)CCO2)nc1. The number of anilines is 1. The van der Waals surface area contributed by atoms with E-state index >= 15 is 0 Å². The maximum Gasteiger partial charge on any atom is 0.513 e. The van der Waals surface area contributed by atoms with Crippen LogP contribution in [-0.4, -0.2) is 38.4 Å². The maximum atomic E-state index is 12.9. The zero-order valence-corrected chi connectivity index (χ0v) is 13.6. The average molecular weight is 316 g/mol. The Morgan fingerprint density at radius 2 is 1.65 bits per heavy atom. The van der Waals surface area contributed by atoms with E-state index in [0.29, 0.717) is 18.8 Å². The quantitative estimate of drug-likeness (QED) is 0.798. The minimum atomic E-state index is -0.525. The van der Waals surface area contributed by atoms with Crippen molar-refractivity contribution in [1.29, 1.82) is 0 Å². The van der Waals surface area contributed by atoms with Gasteiger partial charge in [-0.2, -0.15) is 0 Å². The predicted octanol–water partition coefficient (Wildman–Crippen LogP) is 2.50. The molecule has 3 rings (SSSR count). The van der Waals surface area contributed by atoms with E-state index in [9.17, 15) is 4.39 Å². The lowest BCUT2D eigenvalue weighted by atomic mass is 9.83. The van der Waals surface area contributed by atoms with Crippen molar-refractivity contribution >= 4 is 18.4 Å². The number of para-hydroxylation sites is 1. The molecule has 0 unspecified atom stereocenters. The summed E-state index contributed by atoms with van der Waals surface area (Å²) in [6, 6.07) is 13.1. The highest BCUT2D eigenvalue weighted by atomic mass is 19.1. The second-order valence-electron chi connectivity index (χ2n) is 4.80. The highest BCUT2D eigenvalue weighted by molar-refractivity contribution is 6.60. The van der Waals surface area contributed by atoms with E-state index in [1.807, 2.05) is 32.0 Å². The molecule has 122 valence electrons. The molecule has 1 fully saturated rings. The molecule has 1 aliphatic rings. The third-order valence-corrected chi connectivity index (χ3v) is 3.37. The molecule has 0 atom stereocenters. The molecule has 0 spiro atoms. The van der Waals surface area contributed by atoms with Crippen molar-refractivity contribution in [2.24, 2.45) is 0 Å². The van der Waals surface area contributed by atoms with Crippen LogP contribution in [0.3, 0.4) is 0 Å². The van der Waals surface area contributed by atoms with Crippen LogP contribution < -0.4 is 10.5 Å². The van der Waals surface area contributed by atoms with Crippen LogP contribution in [0.5, 0.6) is 0 Å². The molecule has 1 aliphatic heterocycles. The van der Waals surface area contributed by atoms with Gasteiger partial charge in [-0.1, -0.05) is 32.0 Å². The normalized spacial score (nSPS) is 15.3. The van der Waals surface area contributed by atoms with Gasteiger partial charge in [0, 0.05) is 32.0 Å². The first-order chi connectivity index (χ1) is 11.3. The number of aromatic nitrogens is 1. The topological polar surface area (TPSA) is 34.6 Å². The fourth-order valence-electron chi connectivity index (χ4n) is 2.29. The molecule has 0 N–H and O–H groups in total. The number of halogens is 1. The van der Waals surface area contributed by atoms with Crippen molar-refractivity contribution in [3.63, 3.8) is 0 Å². The summed E-state index contributed by atoms with van der Waals surface area (Å²) in [5, 5.41) is 0. The molecule has 4 nitrogen and oxygen atoms in total. The van der Waals surface area contributed by atoms with Crippen LogP contribution in [0.4, 0.5) is 10.1 Å². The van der Waals surface area contributed by atoms with E-state index < -0.39 is 7.12 Å². The number of hydrogen-bond acceptors (Lipinski definition) is 4. The van der Waals surface area contributed by atoms with E-state index in [-0.39, 0.29) is 5.82 Å².